The molecule has 0 saturated carbocycles. The minimum atomic E-state index is -0.702. The van der Waals surface area contributed by atoms with Gasteiger partial charge in [0.1, 0.15) is 6.04 Å². The molecule has 1 aliphatic rings. The Balaban J connectivity index is 1.99. The van der Waals surface area contributed by atoms with E-state index in [0.29, 0.717) is 19.5 Å². The Morgan fingerprint density at radius 2 is 2.06 bits per heavy atom. The van der Waals surface area contributed by atoms with Crippen molar-refractivity contribution >= 4 is 5.91 Å². The highest BCUT2D eigenvalue weighted by Crippen LogP contribution is 2.26. The van der Waals surface area contributed by atoms with Crippen molar-refractivity contribution in [2.45, 2.75) is 25.0 Å². The molecule has 3 N–H and O–H groups in total. The van der Waals surface area contributed by atoms with E-state index in [1.165, 1.54) is 0 Å². The van der Waals surface area contributed by atoms with Gasteiger partial charge in [0.2, 0.25) is 5.91 Å². The first-order valence-electron chi connectivity index (χ1n) is 5.87. The third-order valence-corrected chi connectivity index (χ3v) is 3.36. The molecule has 0 aliphatic carbocycles. The molecular formula is C13H18N2O2. The molecule has 1 aliphatic heterocycles. The SMILES string of the molecule is CCC1(O)CN(C(=O)[C@@H](N)c2ccccc2)C1. The van der Waals surface area contributed by atoms with Gasteiger partial charge < -0.3 is 15.7 Å². The van der Waals surface area contributed by atoms with Gasteiger partial charge in [-0.3, -0.25) is 4.79 Å². The fourth-order valence-electron chi connectivity index (χ4n) is 2.04. The van der Waals surface area contributed by atoms with E-state index < -0.39 is 11.6 Å². The van der Waals surface area contributed by atoms with E-state index in [1.54, 1.807) is 4.90 Å². The van der Waals surface area contributed by atoms with Gasteiger partial charge in [0, 0.05) is 0 Å². The van der Waals surface area contributed by atoms with Gasteiger partial charge in [-0.1, -0.05) is 37.3 Å². The number of nitrogens with two attached hydrogens (primary N) is 1. The lowest BCUT2D eigenvalue weighted by Crippen LogP contribution is -2.64. The zero-order valence-electron chi connectivity index (χ0n) is 9.97. The standard InChI is InChI=1S/C13H18N2O2/c1-2-13(17)8-15(9-13)12(16)11(14)10-6-4-3-5-7-10/h3-7,11,17H,2,8-9,14H2,1H3/t11-/m0/s1. The Hall–Kier alpha value is -1.39. The van der Waals surface area contributed by atoms with Crippen LogP contribution in [0, 0.1) is 0 Å². The summed E-state index contributed by atoms with van der Waals surface area (Å²) in [5.74, 6) is -0.116. The molecule has 17 heavy (non-hydrogen) atoms. The van der Waals surface area contributed by atoms with Crippen LogP contribution in [0.4, 0.5) is 0 Å². The monoisotopic (exact) mass is 234 g/mol. The minimum Gasteiger partial charge on any atom is -0.386 e. The van der Waals surface area contributed by atoms with Crippen molar-refractivity contribution in [2.24, 2.45) is 5.73 Å². The van der Waals surface area contributed by atoms with Crippen LogP contribution in [0.1, 0.15) is 24.9 Å². The topological polar surface area (TPSA) is 66.6 Å². The van der Waals surface area contributed by atoms with Crippen LogP contribution < -0.4 is 5.73 Å². The van der Waals surface area contributed by atoms with Gasteiger partial charge in [0.25, 0.3) is 0 Å². The quantitative estimate of drug-likeness (QED) is 0.807. The Kier molecular flexibility index (Phi) is 3.17. The van der Waals surface area contributed by atoms with Gasteiger partial charge in [0.05, 0.1) is 18.7 Å². The zero-order valence-corrected chi connectivity index (χ0v) is 9.97. The summed E-state index contributed by atoms with van der Waals surface area (Å²) >= 11 is 0. The highest BCUT2D eigenvalue weighted by atomic mass is 16.3. The summed E-state index contributed by atoms with van der Waals surface area (Å²) in [6.07, 6.45) is 0.664. The van der Waals surface area contributed by atoms with Crippen LogP contribution in [0.2, 0.25) is 0 Å². The van der Waals surface area contributed by atoms with Crippen LogP contribution >= 0.6 is 0 Å². The lowest BCUT2D eigenvalue weighted by molar-refractivity contribution is -0.157. The summed E-state index contributed by atoms with van der Waals surface area (Å²) in [6.45, 7) is 2.70. The van der Waals surface area contributed by atoms with Gasteiger partial charge in [0.15, 0.2) is 0 Å². The average Bonchev–Trinajstić information content (AvgIpc) is 2.34. The summed E-state index contributed by atoms with van der Waals surface area (Å²) in [4.78, 5) is 13.6. The maximum atomic E-state index is 12.0. The predicted molar refractivity (Wildman–Crippen MR) is 65.2 cm³/mol. The fourth-order valence-corrected chi connectivity index (χ4v) is 2.04. The van der Waals surface area contributed by atoms with E-state index in [9.17, 15) is 9.90 Å². The molecule has 0 radical (unpaired) electrons. The second-order valence-corrected chi connectivity index (χ2v) is 4.66. The normalized spacial score (nSPS) is 19.6. The van der Waals surface area contributed by atoms with Crippen LogP contribution in [0.25, 0.3) is 0 Å². The van der Waals surface area contributed by atoms with E-state index in [4.69, 9.17) is 5.73 Å². The van der Waals surface area contributed by atoms with Crippen LogP contribution in [0.3, 0.4) is 0 Å². The predicted octanol–water partition coefficient (Wildman–Crippen LogP) is 0.670. The third kappa shape index (κ3) is 2.33. The average molecular weight is 234 g/mol. The van der Waals surface area contributed by atoms with Gasteiger partial charge >= 0.3 is 0 Å². The number of β-amino-alcohol motifs (C(OH)–C–C–N with tert-alkyl or cyclic N) is 1. The molecule has 0 spiro atoms. The summed E-state index contributed by atoms with van der Waals surface area (Å²) in [6, 6.07) is 8.67. The van der Waals surface area contributed by atoms with Crippen LogP contribution in [-0.4, -0.2) is 34.6 Å². The summed E-state index contributed by atoms with van der Waals surface area (Å²) in [7, 11) is 0. The largest absolute Gasteiger partial charge is 0.386 e. The van der Waals surface area contributed by atoms with E-state index in [2.05, 4.69) is 0 Å². The highest BCUT2D eigenvalue weighted by molar-refractivity contribution is 5.84. The van der Waals surface area contributed by atoms with Crippen LogP contribution in [0.15, 0.2) is 30.3 Å². The molecule has 0 aromatic heterocycles. The minimum absolute atomic E-state index is 0.116. The summed E-state index contributed by atoms with van der Waals surface area (Å²) < 4.78 is 0. The van der Waals surface area contributed by atoms with Gasteiger partial charge in [-0.15, -0.1) is 0 Å². The van der Waals surface area contributed by atoms with Gasteiger partial charge in [-0.25, -0.2) is 0 Å². The Bertz CT molecular complexity index is 399. The molecule has 0 bridgehead atoms. The van der Waals surface area contributed by atoms with Crippen molar-refractivity contribution in [1.29, 1.82) is 0 Å². The highest BCUT2D eigenvalue weighted by Gasteiger charge is 2.43. The smallest absolute Gasteiger partial charge is 0.244 e. The molecule has 1 amide bonds. The summed E-state index contributed by atoms with van der Waals surface area (Å²) in [5, 5.41) is 9.86. The maximum Gasteiger partial charge on any atom is 0.244 e. The third-order valence-electron chi connectivity index (χ3n) is 3.36. The van der Waals surface area contributed by atoms with Crippen LogP contribution in [-0.2, 0) is 4.79 Å². The van der Waals surface area contributed by atoms with Crippen LogP contribution in [0.5, 0.6) is 0 Å². The van der Waals surface area contributed by atoms with Crippen molar-refractivity contribution in [3.63, 3.8) is 0 Å². The Morgan fingerprint density at radius 1 is 1.47 bits per heavy atom. The number of carbonyl (C=O) groups excluding carboxylic acids is 1. The molecular weight excluding hydrogens is 216 g/mol. The molecule has 1 heterocycles. The van der Waals surface area contributed by atoms with Crippen molar-refractivity contribution in [3.8, 4) is 0 Å². The zero-order chi connectivity index (χ0) is 12.5. The molecule has 4 nitrogen and oxygen atoms in total. The van der Waals surface area contributed by atoms with Crippen molar-refractivity contribution in [1.82, 2.24) is 4.90 Å². The van der Waals surface area contributed by atoms with Crippen molar-refractivity contribution < 1.29 is 9.90 Å². The van der Waals surface area contributed by atoms with E-state index >= 15 is 0 Å². The number of carbonyl (C=O) groups is 1. The first-order valence-corrected chi connectivity index (χ1v) is 5.87. The molecule has 1 fully saturated rings. The molecule has 2 rings (SSSR count). The Labute approximate surface area is 101 Å². The maximum absolute atomic E-state index is 12.0. The lowest BCUT2D eigenvalue weighted by Gasteiger charge is -2.46. The number of amides is 1. The second-order valence-electron chi connectivity index (χ2n) is 4.66. The first kappa shape index (κ1) is 12.1. The van der Waals surface area contributed by atoms with Crippen molar-refractivity contribution in [2.75, 3.05) is 13.1 Å². The second kappa shape index (κ2) is 4.47. The summed E-state index contributed by atoms with van der Waals surface area (Å²) in [5.41, 5.74) is 6.01. The number of aliphatic hydroxyl groups is 1. The van der Waals surface area contributed by atoms with Gasteiger partial charge in [-0.2, -0.15) is 0 Å². The molecule has 1 atom stereocenters. The molecule has 0 unspecified atom stereocenters. The number of rotatable bonds is 3. The molecule has 1 aromatic rings. The Morgan fingerprint density at radius 3 is 2.59 bits per heavy atom. The van der Waals surface area contributed by atoms with E-state index in [0.717, 1.165) is 5.56 Å². The molecule has 92 valence electrons. The van der Waals surface area contributed by atoms with Crippen molar-refractivity contribution in [3.05, 3.63) is 35.9 Å². The van der Waals surface area contributed by atoms with E-state index in [1.807, 2.05) is 37.3 Å². The number of nitrogens with zero attached hydrogens (tertiary/aromatic N) is 1. The number of hydrogen-bond donors (Lipinski definition) is 2. The number of benzene rings is 1. The van der Waals surface area contributed by atoms with Gasteiger partial charge in [-0.05, 0) is 12.0 Å². The van der Waals surface area contributed by atoms with E-state index in [-0.39, 0.29) is 5.91 Å². The molecule has 1 aromatic carbocycles. The first-order chi connectivity index (χ1) is 8.06. The number of likely N-dealkylation sites (tertiary alicyclic amines) is 1. The lowest BCUT2D eigenvalue weighted by atomic mass is 9.90. The number of hydrogen-bond acceptors (Lipinski definition) is 3. The molecule has 1 saturated heterocycles. The molecule has 4 heteroatoms. The fraction of sp³-hybridized carbons (Fsp3) is 0.462.